The summed E-state index contributed by atoms with van der Waals surface area (Å²) in [5.74, 6) is -0.552. The first kappa shape index (κ1) is 19.3. The van der Waals surface area contributed by atoms with Crippen molar-refractivity contribution in [3.8, 4) is 0 Å². The lowest BCUT2D eigenvalue weighted by Gasteiger charge is -2.60. The van der Waals surface area contributed by atoms with Crippen molar-refractivity contribution in [1.82, 2.24) is 0 Å². The molecule has 0 aromatic carbocycles. The van der Waals surface area contributed by atoms with E-state index in [-0.39, 0.29) is 23.5 Å². The summed E-state index contributed by atoms with van der Waals surface area (Å²) in [6.07, 6.45) is 5.17. The van der Waals surface area contributed by atoms with Crippen LogP contribution in [0.1, 0.15) is 52.4 Å². The van der Waals surface area contributed by atoms with Gasteiger partial charge in [-0.3, -0.25) is 9.59 Å². The Bertz CT molecular complexity index is 747. The molecular weight excluding hydrogens is 364 g/mol. The van der Waals surface area contributed by atoms with E-state index in [1.165, 1.54) is 0 Å². The van der Waals surface area contributed by atoms with Gasteiger partial charge in [-0.2, -0.15) is 0 Å². The molecule has 2 N–H and O–H groups in total. The van der Waals surface area contributed by atoms with E-state index in [1.807, 2.05) is 6.92 Å². The molecule has 148 valence electrons. The van der Waals surface area contributed by atoms with Crippen LogP contribution in [0, 0.1) is 34.5 Å². The second-order valence-electron chi connectivity index (χ2n) is 9.66. The highest BCUT2D eigenvalue weighted by atomic mass is 32.1. The van der Waals surface area contributed by atoms with Crippen molar-refractivity contribution in [1.29, 1.82) is 0 Å². The first-order valence-corrected chi connectivity index (χ1v) is 10.4. The Labute approximate surface area is 165 Å². The van der Waals surface area contributed by atoms with Crippen molar-refractivity contribution in [2.24, 2.45) is 34.5 Å². The van der Waals surface area contributed by atoms with Crippen molar-refractivity contribution in [2.75, 3.05) is 0 Å². The summed E-state index contributed by atoms with van der Waals surface area (Å²) in [5, 5.41) is 21.8. The predicted molar refractivity (Wildman–Crippen MR) is 102 cm³/mol. The summed E-state index contributed by atoms with van der Waals surface area (Å²) in [7, 11) is 0. The van der Waals surface area contributed by atoms with Gasteiger partial charge in [-0.15, -0.1) is 12.6 Å². The van der Waals surface area contributed by atoms with E-state index in [0.717, 1.165) is 31.1 Å². The van der Waals surface area contributed by atoms with Gasteiger partial charge in [0.05, 0.1) is 12.0 Å². The van der Waals surface area contributed by atoms with Crippen LogP contribution in [0.3, 0.4) is 0 Å². The molecule has 0 bridgehead atoms. The molecule has 0 aromatic heterocycles. The average molecular weight is 393 g/mol. The molecule has 0 saturated heterocycles. The number of thiol groups is 1. The van der Waals surface area contributed by atoms with Crippen LogP contribution in [0.25, 0.3) is 0 Å². The molecule has 4 aliphatic rings. The normalized spacial score (nSPS) is 51.7. The third-order valence-electron chi connectivity index (χ3n) is 8.67. The third kappa shape index (κ3) is 2.36. The molecule has 0 radical (unpaired) electrons. The van der Waals surface area contributed by atoms with E-state index in [1.54, 1.807) is 6.08 Å². The van der Waals surface area contributed by atoms with Gasteiger partial charge in [0.15, 0.2) is 5.78 Å². The Morgan fingerprint density at radius 1 is 1.30 bits per heavy atom. The SMILES string of the molecule is C[C@]12C[C@H](O)[C@@H]3[C@@H](CCC4=CC(=O)C(C=O)C[C@]43C)[C@@H]1CC[C@]2(O)C(=O)S. The largest absolute Gasteiger partial charge is 0.393 e. The topological polar surface area (TPSA) is 91.7 Å². The van der Waals surface area contributed by atoms with Crippen molar-refractivity contribution in [2.45, 2.75) is 64.1 Å². The zero-order valence-corrected chi connectivity index (χ0v) is 16.7. The second kappa shape index (κ2) is 6.01. The summed E-state index contributed by atoms with van der Waals surface area (Å²) < 4.78 is 0. The molecule has 6 heteroatoms. The first-order chi connectivity index (χ1) is 12.6. The Balaban J connectivity index is 1.76. The fraction of sp³-hybridized carbons (Fsp3) is 0.762. The molecule has 27 heavy (non-hydrogen) atoms. The predicted octanol–water partition coefficient (Wildman–Crippen LogP) is 2.10. The van der Waals surface area contributed by atoms with Crippen LogP contribution in [0.5, 0.6) is 0 Å². The lowest BCUT2D eigenvalue weighted by atomic mass is 9.45. The van der Waals surface area contributed by atoms with Gasteiger partial charge in [0.1, 0.15) is 11.9 Å². The van der Waals surface area contributed by atoms with Crippen LogP contribution in [0.2, 0.25) is 0 Å². The minimum Gasteiger partial charge on any atom is -0.393 e. The molecular formula is C21H28O5S. The lowest BCUT2D eigenvalue weighted by Crippen LogP contribution is -2.61. The highest BCUT2D eigenvalue weighted by Gasteiger charge is 2.68. The minimum atomic E-state index is -1.50. The number of rotatable bonds is 2. The summed E-state index contributed by atoms with van der Waals surface area (Å²) in [4.78, 5) is 35.8. The maximum Gasteiger partial charge on any atom is 0.218 e. The number of allylic oxidation sites excluding steroid dienone is 1. The van der Waals surface area contributed by atoms with E-state index in [0.29, 0.717) is 19.3 Å². The number of fused-ring (bicyclic) bond motifs is 5. The van der Waals surface area contributed by atoms with Gasteiger partial charge in [-0.1, -0.05) is 19.4 Å². The smallest absolute Gasteiger partial charge is 0.218 e. The van der Waals surface area contributed by atoms with Crippen LogP contribution >= 0.6 is 12.6 Å². The zero-order chi connectivity index (χ0) is 19.8. The molecule has 0 heterocycles. The van der Waals surface area contributed by atoms with Crippen molar-refractivity contribution >= 4 is 29.8 Å². The second-order valence-corrected chi connectivity index (χ2v) is 10.1. The zero-order valence-electron chi connectivity index (χ0n) is 15.9. The maximum atomic E-state index is 12.2. The minimum absolute atomic E-state index is 0.0662. The van der Waals surface area contributed by atoms with Crippen LogP contribution < -0.4 is 0 Å². The van der Waals surface area contributed by atoms with Gasteiger partial charge in [0.25, 0.3) is 0 Å². The van der Waals surface area contributed by atoms with Crippen molar-refractivity contribution < 1.29 is 24.6 Å². The quantitative estimate of drug-likeness (QED) is 0.380. The van der Waals surface area contributed by atoms with E-state index >= 15 is 0 Å². The number of aliphatic hydroxyl groups is 2. The van der Waals surface area contributed by atoms with Crippen molar-refractivity contribution in [3.63, 3.8) is 0 Å². The standard InChI is InChI=1S/C21H28O5S/c1-19-8-11(10-22)15(23)7-12(19)3-4-13-14-5-6-21(26,18(25)27)20(14,2)9-16(24)17(13)19/h7,10-11,13-14,16-17,24,26H,3-6,8-9H2,1-2H3,(H,25,27)/t11?,13-,14-,16-,17-,19+,20-,21-/m0/s1. The van der Waals surface area contributed by atoms with E-state index in [2.05, 4.69) is 19.6 Å². The number of carbonyl (C=O) groups excluding carboxylic acids is 3. The molecule has 0 aromatic rings. The number of aldehydes is 1. The van der Waals surface area contributed by atoms with E-state index < -0.39 is 33.6 Å². The van der Waals surface area contributed by atoms with Crippen LogP contribution in [0.15, 0.2) is 11.6 Å². The van der Waals surface area contributed by atoms with Crippen molar-refractivity contribution in [3.05, 3.63) is 11.6 Å². The summed E-state index contributed by atoms with van der Waals surface area (Å²) in [6, 6.07) is 0. The monoisotopic (exact) mass is 392 g/mol. The van der Waals surface area contributed by atoms with Crippen LogP contribution in [0.4, 0.5) is 0 Å². The van der Waals surface area contributed by atoms with Gasteiger partial charge in [-0.05, 0) is 67.8 Å². The molecule has 1 unspecified atom stereocenters. The highest BCUT2D eigenvalue weighted by molar-refractivity contribution is 7.96. The van der Waals surface area contributed by atoms with Crippen LogP contribution in [-0.2, 0) is 14.4 Å². The molecule has 3 saturated carbocycles. The van der Waals surface area contributed by atoms with Crippen LogP contribution in [-0.4, -0.2) is 39.1 Å². The Morgan fingerprint density at radius 2 is 2.00 bits per heavy atom. The Hall–Kier alpha value is -0.980. The maximum absolute atomic E-state index is 12.2. The molecule has 0 spiro atoms. The highest BCUT2D eigenvalue weighted by Crippen LogP contribution is 2.67. The van der Waals surface area contributed by atoms with Gasteiger partial charge in [-0.25, -0.2) is 0 Å². The average Bonchev–Trinajstić information content (AvgIpc) is 2.87. The lowest BCUT2D eigenvalue weighted by molar-refractivity contribution is -0.175. The molecule has 3 fully saturated rings. The van der Waals surface area contributed by atoms with Gasteiger partial charge < -0.3 is 15.0 Å². The van der Waals surface area contributed by atoms with E-state index in [4.69, 9.17) is 0 Å². The fourth-order valence-electron chi connectivity index (χ4n) is 7.29. The molecule has 8 atom stereocenters. The Kier molecular flexibility index (Phi) is 4.30. The molecule has 5 nitrogen and oxygen atoms in total. The van der Waals surface area contributed by atoms with E-state index in [9.17, 15) is 24.6 Å². The number of hydrogen-bond acceptors (Lipinski definition) is 5. The Morgan fingerprint density at radius 3 is 2.63 bits per heavy atom. The number of ketones is 1. The summed E-state index contributed by atoms with van der Waals surface area (Å²) in [5.41, 5.74) is -1.54. The molecule has 0 amide bonds. The molecule has 0 aliphatic heterocycles. The summed E-state index contributed by atoms with van der Waals surface area (Å²) in [6.45, 7) is 4.00. The molecule has 4 aliphatic carbocycles. The third-order valence-corrected chi connectivity index (χ3v) is 9.04. The van der Waals surface area contributed by atoms with Gasteiger partial charge >= 0.3 is 0 Å². The first-order valence-electron chi connectivity index (χ1n) is 9.92. The van der Waals surface area contributed by atoms with Gasteiger partial charge in [0, 0.05) is 5.41 Å². The summed E-state index contributed by atoms with van der Waals surface area (Å²) >= 11 is 3.97. The fourth-order valence-corrected chi connectivity index (χ4v) is 7.65. The number of aliphatic hydroxyl groups excluding tert-OH is 1. The number of hydrogen-bond donors (Lipinski definition) is 3. The molecule has 4 rings (SSSR count). The number of carbonyl (C=O) groups is 3. The van der Waals surface area contributed by atoms with Gasteiger partial charge in [0.2, 0.25) is 5.12 Å².